The second-order valence-electron chi connectivity index (χ2n) is 5.22. The number of methoxy groups -OCH3 is 2. The molecular weight excluding hydrogens is 296 g/mol. The Labute approximate surface area is 136 Å². The molecule has 0 aliphatic rings. The monoisotopic (exact) mass is 318 g/mol. The van der Waals surface area contributed by atoms with Gasteiger partial charge in [-0.05, 0) is 36.9 Å². The molecule has 2 rings (SSSR count). The SMILES string of the molecule is COc1ccc(CNC(=O)CN(C)Cc2ccco2)cc1OC. The number of nitrogens with one attached hydrogen (secondary N) is 1. The third-order valence-electron chi connectivity index (χ3n) is 3.36. The summed E-state index contributed by atoms with van der Waals surface area (Å²) in [6.45, 7) is 1.33. The molecule has 6 heteroatoms. The molecule has 1 aromatic carbocycles. The van der Waals surface area contributed by atoms with Gasteiger partial charge in [0.2, 0.25) is 5.91 Å². The molecule has 0 radical (unpaired) electrons. The molecule has 0 bridgehead atoms. The Hall–Kier alpha value is -2.47. The predicted molar refractivity (Wildman–Crippen MR) is 86.4 cm³/mol. The number of amides is 1. The third-order valence-corrected chi connectivity index (χ3v) is 3.36. The molecule has 0 atom stereocenters. The van der Waals surface area contributed by atoms with Crippen LogP contribution in [-0.4, -0.2) is 38.6 Å². The van der Waals surface area contributed by atoms with Crippen LogP contribution in [0, 0.1) is 0 Å². The van der Waals surface area contributed by atoms with Crippen molar-refractivity contribution in [1.29, 1.82) is 0 Å². The summed E-state index contributed by atoms with van der Waals surface area (Å²) in [5.41, 5.74) is 0.949. The zero-order chi connectivity index (χ0) is 16.7. The minimum Gasteiger partial charge on any atom is -0.493 e. The maximum absolute atomic E-state index is 12.0. The van der Waals surface area contributed by atoms with Crippen LogP contribution < -0.4 is 14.8 Å². The fourth-order valence-electron chi connectivity index (χ4n) is 2.22. The van der Waals surface area contributed by atoms with Crippen LogP contribution in [0.2, 0.25) is 0 Å². The van der Waals surface area contributed by atoms with Crippen molar-refractivity contribution in [3.63, 3.8) is 0 Å². The number of ether oxygens (including phenoxy) is 2. The summed E-state index contributed by atoms with van der Waals surface area (Å²) >= 11 is 0. The third kappa shape index (κ3) is 5.03. The predicted octanol–water partition coefficient (Wildman–Crippen LogP) is 2.04. The molecule has 1 aromatic heterocycles. The maximum atomic E-state index is 12.0. The second kappa shape index (κ2) is 8.24. The Kier molecular flexibility index (Phi) is 6.05. The highest BCUT2D eigenvalue weighted by molar-refractivity contribution is 5.78. The number of nitrogens with zero attached hydrogens (tertiary/aromatic N) is 1. The van der Waals surface area contributed by atoms with Crippen LogP contribution in [0.25, 0.3) is 0 Å². The Morgan fingerprint density at radius 2 is 2.00 bits per heavy atom. The summed E-state index contributed by atoms with van der Waals surface area (Å²) in [5.74, 6) is 2.10. The molecule has 0 saturated heterocycles. The van der Waals surface area contributed by atoms with Gasteiger partial charge in [0.05, 0.1) is 33.6 Å². The molecule has 0 spiro atoms. The van der Waals surface area contributed by atoms with E-state index in [4.69, 9.17) is 13.9 Å². The van der Waals surface area contributed by atoms with Crippen LogP contribution in [0.5, 0.6) is 11.5 Å². The number of hydrogen-bond donors (Lipinski definition) is 1. The molecular formula is C17H22N2O4. The number of carbonyl (C=O) groups excluding carboxylic acids is 1. The fourth-order valence-corrected chi connectivity index (χ4v) is 2.22. The number of likely N-dealkylation sites (N-methyl/N-ethyl adjacent to an activating group) is 1. The van der Waals surface area contributed by atoms with Crippen molar-refractivity contribution in [1.82, 2.24) is 10.2 Å². The highest BCUT2D eigenvalue weighted by Gasteiger charge is 2.09. The minimum atomic E-state index is -0.0474. The molecule has 2 aromatic rings. The standard InChI is InChI=1S/C17H22N2O4/c1-19(11-14-5-4-8-23-14)12-17(20)18-10-13-6-7-15(21-2)16(9-13)22-3/h4-9H,10-12H2,1-3H3,(H,18,20). The van der Waals surface area contributed by atoms with Crippen molar-refractivity contribution >= 4 is 5.91 Å². The van der Waals surface area contributed by atoms with E-state index >= 15 is 0 Å². The first-order valence-electron chi connectivity index (χ1n) is 7.31. The van der Waals surface area contributed by atoms with Crippen LogP contribution in [-0.2, 0) is 17.9 Å². The van der Waals surface area contributed by atoms with Crippen LogP contribution >= 0.6 is 0 Å². The summed E-state index contributed by atoms with van der Waals surface area (Å²) in [5, 5.41) is 2.89. The van der Waals surface area contributed by atoms with Crippen molar-refractivity contribution in [3.8, 4) is 11.5 Å². The molecule has 0 saturated carbocycles. The van der Waals surface area contributed by atoms with Gasteiger partial charge in [0.25, 0.3) is 0 Å². The van der Waals surface area contributed by atoms with Crippen LogP contribution in [0.3, 0.4) is 0 Å². The van der Waals surface area contributed by atoms with Gasteiger partial charge in [0, 0.05) is 6.54 Å². The van der Waals surface area contributed by atoms with E-state index in [-0.39, 0.29) is 5.91 Å². The lowest BCUT2D eigenvalue weighted by Gasteiger charge is -2.15. The number of rotatable bonds is 8. The van der Waals surface area contributed by atoms with E-state index in [1.165, 1.54) is 0 Å². The summed E-state index contributed by atoms with van der Waals surface area (Å²) in [4.78, 5) is 13.9. The van der Waals surface area contributed by atoms with Gasteiger partial charge < -0.3 is 19.2 Å². The molecule has 1 amide bonds. The minimum absolute atomic E-state index is 0.0474. The van der Waals surface area contributed by atoms with Crippen molar-refractivity contribution in [2.75, 3.05) is 27.8 Å². The number of furan rings is 1. The first-order valence-corrected chi connectivity index (χ1v) is 7.31. The van der Waals surface area contributed by atoms with Gasteiger partial charge in [-0.3, -0.25) is 9.69 Å². The smallest absolute Gasteiger partial charge is 0.234 e. The first kappa shape index (κ1) is 16.9. The topological polar surface area (TPSA) is 63.9 Å². The van der Waals surface area contributed by atoms with Crippen molar-refractivity contribution in [2.24, 2.45) is 0 Å². The normalized spacial score (nSPS) is 10.6. The summed E-state index contributed by atoms with van der Waals surface area (Å²) < 4.78 is 15.7. The quantitative estimate of drug-likeness (QED) is 0.807. The maximum Gasteiger partial charge on any atom is 0.234 e. The van der Waals surface area contributed by atoms with E-state index in [1.807, 2.05) is 42.3 Å². The second-order valence-corrected chi connectivity index (χ2v) is 5.22. The molecule has 124 valence electrons. The van der Waals surface area contributed by atoms with Crippen molar-refractivity contribution < 1.29 is 18.7 Å². The Morgan fingerprint density at radius 1 is 1.22 bits per heavy atom. The first-order chi connectivity index (χ1) is 11.1. The lowest BCUT2D eigenvalue weighted by atomic mass is 10.2. The zero-order valence-corrected chi connectivity index (χ0v) is 13.7. The van der Waals surface area contributed by atoms with E-state index in [0.717, 1.165) is 11.3 Å². The number of benzene rings is 1. The highest BCUT2D eigenvalue weighted by Crippen LogP contribution is 2.27. The van der Waals surface area contributed by atoms with E-state index in [9.17, 15) is 4.79 Å². The number of carbonyl (C=O) groups is 1. The Balaban J connectivity index is 1.82. The summed E-state index contributed by atoms with van der Waals surface area (Å²) in [7, 11) is 5.05. The molecule has 6 nitrogen and oxygen atoms in total. The molecule has 1 heterocycles. The molecule has 23 heavy (non-hydrogen) atoms. The average Bonchev–Trinajstić information content (AvgIpc) is 3.05. The average molecular weight is 318 g/mol. The van der Waals surface area contributed by atoms with E-state index in [2.05, 4.69) is 5.32 Å². The molecule has 1 N–H and O–H groups in total. The van der Waals surface area contributed by atoms with Crippen molar-refractivity contribution in [2.45, 2.75) is 13.1 Å². The van der Waals surface area contributed by atoms with Gasteiger partial charge >= 0.3 is 0 Å². The van der Waals surface area contributed by atoms with Gasteiger partial charge in [-0.25, -0.2) is 0 Å². The Bertz CT molecular complexity index is 626. The number of hydrogen-bond acceptors (Lipinski definition) is 5. The largest absolute Gasteiger partial charge is 0.493 e. The zero-order valence-electron chi connectivity index (χ0n) is 13.7. The van der Waals surface area contributed by atoms with Gasteiger partial charge in [-0.15, -0.1) is 0 Å². The van der Waals surface area contributed by atoms with Gasteiger partial charge in [0.1, 0.15) is 5.76 Å². The van der Waals surface area contributed by atoms with E-state index in [0.29, 0.717) is 31.1 Å². The molecule has 0 aliphatic heterocycles. The molecule has 0 aliphatic carbocycles. The van der Waals surface area contributed by atoms with Crippen LogP contribution in [0.1, 0.15) is 11.3 Å². The lowest BCUT2D eigenvalue weighted by Crippen LogP contribution is -2.34. The van der Waals surface area contributed by atoms with Crippen LogP contribution in [0.4, 0.5) is 0 Å². The fraction of sp³-hybridized carbons (Fsp3) is 0.353. The summed E-state index contributed by atoms with van der Waals surface area (Å²) in [6, 6.07) is 9.29. The lowest BCUT2D eigenvalue weighted by molar-refractivity contribution is -0.122. The van der Waals surface area contributed by atoms with E-state index in [1.54, 1.807) is 20.5 Å². The molecule has 0 unspecified atom stereocenters. The van der Waals surface area contributed by atoms with Crippen LogP contribution in [0.15, 0.2) is 41.0 Å². The van der Waals surface area contributed by atoms with Gasteiger partial charge in [-0.1, -0.05) is 6.07 Å². The highest BCUT2D eigenvalue weighted by atomic mass is 16.5. The van der Waals surface area contributed by atoms with Gasteiger partial charge in [0.15, 0.2) is 11.5 Å². The Morgan fingerprint density at radius 3 is 2.65 bits per heavy atom. The van der Waals surface area contributed by atoms with E-state index < -0.39 is 0 Å². The summed E-state index contributed by atoms with van der Waals surface area (Å²) in [6.07, 6.45) is 1.63. The molecule has 0 fully saturated rings. The van der Waals surface area contributed by atoms with Crippen molar-refractivity contribution in [3.05, 3.63) is 47.9 Å². The van der Waals surface area contributed by atoms with Gasteiger partial charge in [-0.2, -0.15) is 0 Å².